The summed E-state index contributed by atoms with van der Waals surface area (Å²) in [5.74, 6) is 0.305. The molecule has 0 atom stereocenters. The SMILES string of the molecule is Cn1nccc1-c1cc(OCCOc2ccc(Cl)cc2F)ccn1. The molecule has 0 unspecified atom stereocenters. The molecule has 0 aliphatic carbocycles. The normalized spacial score (nSPS) is 10.6. The molecule has 0 spiro atoms. The molecule has 0 amide bonds. The summed E-state index contributed by atoms with van der Waals surface area (Å²) in [5, 5.41) is 4.45. The fraction of sp³-hybridized carbons (Fsp3) is 0.176. The molecule has 2 aromatic heterocycles. The monoisotopic (exact) mass is 347 g/mol. The summed E-state index contributed by atoms with van der Waals surface area (Å²) in [7, 11) is 1.85. The van der Waals surface area contributed by atoms with Gasteiger partial charge >= 0.3 is 0 Å². The van der Waals surface area contributed by atoms with E-state index in [9.17, 15) is 4.39 Å². The highest BCUT2D eigenvalue weighted by Gasteiger charge is 2.06. The second-order valence-corrected chi connectivity index (χ2v) is 5.42. The molecule has 0 saturated carbocycles. The summed E-state index contributed by atoms with van der Waals surface area (Å²) in [4.78, 5) is 4.30. The third-order valence-electron chi connectivity index (χ3n) is 3.32. The smallest absolute Gasteiger partial charge is 0.166 e. The molecule has 1 aromatic carbocycles. The van der Waals surface area contributed by atoms with Crippen LogP contribution in [0, 0.1) is 5.82 Å². The van der Waals surface area contributed by atoms with E-state index in [1.54, 1.807) is 29.2 Å². The van der Waals surface area contributed by atoms with E-state index in [1.165, 1.54) is 12.1 Å². The van der Waals surface area contributed by atoms with Crippen molar-refractivity contribution in [3.8, 4) is 22.9 Å². The molecular formula is C17H15ClFN3O2. The van der Waals surface area contributed by atoms with E-state index in [4.69, 9.17) is 21.1 Å². The summed E-state index contributed by atoms with van der Waals surface area (Å²) in [6.45, 7) is 0.485. The van der Waals surface area contributed by atoms with Crippen molar-refractivity contribution >= 4 is 11.6 Å². The highest BCUT2D eigenvalue weighted by atomic mass is 35.5. The first-order valence-corrected chi connectivity index (χ1v) is 7.66. The molecular weight excluding hydrogens is 333 g/mol. The number of hydrogen-bond acceptors (Lipinski definition) is 4. The number of aromatic nitrogens is 3. The van der Waals surface area contributed by atoms with Crippen LogP contribution >= 0.6 is 11.6 Å². The van der Waals surface area contributed by atoms with Crippen LogP contribution in [0.4, 0.5) is 4.39 Å². The van der Waals surface area contributed by atoms with E-state index < -0.39 is 5.82 Å². The van der Waals surface area contributed by atoms with Crippen molar-refractivity contribution in [2.75, 3.05) is 13.2 Å². The van der Waals surface area contributed by atoms with Crippen LogP contribution in [0.25, 0.3) is 11.4 Å². The van der Waals surface area contributed by atoms with Crippen LogP contribution in [0.5, 0.6) is 11.5 Å². The van der Waals surface area contributed by atoms with Crippen molar-refractivity contribution in [1.29, 1.82) is 0 Å². The highest BCUT2D eigenvalue weighted by molar-refractivity contribution is 6.30. The molecule has 124 valence electrons. The Bertz CT molecular complexity index is 838. The number of aryl methyl sites for hydroxylation is 1. The lowest BCUT2D eigenvalue weighted by Gasteiger charge is -2.10. The number of pyridine rings is 1. The molecule has 0 aliphatic rings. The Kier molecular flexibility index (Phi) is 4.96. The maximum atomic E-state index is 13.6. The van der Waals surface area contributed by atoms with Gasteiger partial charge in [-0.3, -0.25) is 9.67 Å². The number of rotatable bonds is 6. The molecule has 0 radical (unpaired) electrons. The Morgan fingerprint density at radius 3 is 2.67 bits per heavy atom. The first-order valence-electron chi connectivity index (χ1n) is 7.28. The minimum absolute atomic E-state index is 0.147. The summed E-state index contributed by atoms with van der Waals surface area (Å²) >= 11 is 5.69. The van der Waals surface area contributed by atoms with Gasteiger partial charge in [0.1, 0.15) is 19.0 Å². The molecule has 5 nitrogen and oxygen atoms in total. The first kappa shape index (κ1) is 16.3. The average Bonchev–Trinajstić information content (AvgIpc) is 2.99. The van der Waals surface area contributed by atoms with Crippen molar-refractivity contribution in [1.82, 2.24) is 14.8 Å². The minimum atomic E-state index is -0.495. The Morgan fingerprint density at radius 1 is 1.08 bits per heavy atom. The molecule has 0 aliphatic heterocycles. The Labute approximate surface area is 143 Å². The molecule has 0 bridgehead atoms. The largest absolute Gasteiger partial charge is 0.490 e. The number of nitrogens with zero attached hydrogens (tertiary/aromatic N) is 3. The predicted octanol–water partition coefficient (Wildman–Crippen LogP) is 3.73. The summed E-state index contributed by atoms with van der Waals surface area (Å²) < 4.78 is 26.3. The van der Waals surface area contributed by atoms with Gasteiger partial charge in [-0.1, -0.05) is 11.6 Å². The number of ether oxygens (including phenoxy) is 2. The number of halogens is 2. The summed E-state index contributed by atoms with van der Waals surface area (Å²) in [6.07, 6.45) is 3.37. The fourth-order valence-electron chi connectivity index (χ4n) is 2.17. The second-order valence-electron chi connectivity index (χ2n) is 4.99. The van der Waals surface area contributed by atoms with Crippen LogP contribution in [0.15, 0.2) is 48.8 Å². The quantitative estimate of drug-likeness (QED) is 0.637. The van der Waals surface area contributed by atoms with Gasteiger partial charge in [0, 0.05) is 30.5 Å². The van der Waals surface area contributed by atoms with Crippen molar-refractivity contribution in [2.24, 2.45) is 7.05 Å². The van der Waals surface area contributed by atoms with Crippen LogP contribution in [0.2, 0.25) is 5.02 Å². The Morgan fingerprint density at radius 2 is 1.92 bits per heavy atom. The van der Waals surface area contributed by atoms with Gasteiger partial charge in [-0.15, -0.1) is 0 Å². The lowest BCUT2D eigenvalue weighted by molar-refractivity contribution is 0.211. The van der Waals surface area contributed by atoms with E-state index in [0.29, 0.717) is 10.8 Å². The van der Waals surface area contributed by atoms with Crippen molar-refractivity contribution in [2.45, 2.75) is 0 Å². The lowest BCUT2D eigenvalue weighted by Crippen LogP contribution is -2.10. The molecule has 7 heteroatoms. The van der Waals surface area contributed by atoms with Crippen LogP contribution in [0.3, 0.4) is 0 Å². The summed E-state index contributed by atoms with van der Waals surface area (Å²) in [6, 6.07) is 9.72. The zero-order valence-electron chi connectivity index (χ0n) is 12.9. The van der Waals surface area contributed by atoms with E-state index in [1.807, 2.05) is 19.2 Å². The van der Waals surface area contributed by atoms with Crippen LogP contribution in [-0.2, 0) is 7.05 Å². The van der Waals surface area contributed by atoms with Gasteiger partial charge in [0.15, 0.2) is 11.6 Å². The standard InChI is InChI=1S/C17H15ClFN3O2/c1-22-16(5-7-21-22)15-11-13(4-6-20-15)23-8-9-24-17-3-2-12(18)10-14(17)19/h2-7,10-11H,8-9H2,1H3. The topological polar surface area (TPSA) is 49.2 Å². The fourth-order valence-corrected chi connectivity index (χ4v) is 2.33. The van der Waals surface area contributed by atoms with E-state index in [-0.39, 0.29) is 19.0 Å². The number of hydrogen-bond donors (Lipinski definition) is 0. The maximum Gasteiger partial charge on any atom is 0.166 e. The van der Waals surface area contributed by atoms with Crippen LogP contribution in [-0.4, -0.2) is 28.0 Å². The van der Waals surface area contributed by atoms with Gasteiger partial charge in [0.25, 0.3) is 0 Å². The van der Waals surface area contributed by atoms with Gasteiger partial charge in [0.05, 0.1) is 11.4 Å². The lowest BCUT2D eigenvalue weighted by atomic mass is 10.2. The molecule has 0 saturated heterocycles. The van der Waals surface area contributed by atoms with E-state index in [0.717, 1.165) is 11.4 Å². The third-order valence-corrected chi connectivity index (χ3v) is 3.55. The molecule has 2 heterocycles. The van der Waals surface area contributed by atoms with Crippen LogP contribution < -0.4 is 9.47 Å². The van der Waals surface area contributed by atoms with Crippen molar-refractivity contribution in [3.05, 3.63) is 59.6 Å². The maximum absolute atomic E-state index is 13.6. The minimum Gasteiger partial charge on any atom is -0.490 e. The van der Waals surface area contributed by atoms with E-state index >= 15 is 0 Å². The van der Waals surface area contributed by atoms with Crippen molar-refractivity contribution < 1.29 is 13.9 Å². The zero-order chi connectivity index (χ0) is 16.9. The summed E-state index contributed by atoms with van der Waals surface area (Å²) in [5.41, 5.74) is 1.65. The first-order chi connectivity index (χ1) is 11.6. The molecule has 3 aromatic rings. The number of benzene rings is 1. The van der Waals surface area contributed by atoms with Gasteiger partial charge in [-0.25, -0.2) is 4.39 Å². The van der Waals surface area contributed by atoms with Crippen molar-refractivity contribution in [3.63, 3.8) is 0 Å². The van der Waals surface area contributed by atoms with Gasteiger partial charge in [-0.2, -0.15) is 5.10 Å². The Hall–Kier alpha value is -2.60. The highest BCUT2D eigenvalue weighted by Crippen LogP contribution is 2.22. The van der Waals surface area contributed by atoms with Gasteiger partial charge < -0.3 is 9.47 Å². The zero-order valence-corrected chi connectivity index (χ0v) is 13.7. The second kappa shape index (κ2) is 7.31. The molecule has 0 N–H and O–H groups in total. The average molecular weight is 348 g/mol. The predicted molar refractivity (Wildman–Crippen MR) is 88.8 cm³/mol. The molecule has 3 rings (SSSR count). The van der Waals surface area contributed by atoms with E-state index in [2.05, 4.69) is 10.1 Å². The third kappa shape index (κ3) is 3.83. The molecule has 0 fully saturated rings. The molecule has 24 heavy (non-hydrogen) atoms. The van der Waals surface area contributed by atoms with Gasteiger partial charge in [-0.05, 0) is 30.3 Å². The Balaban J connectivity index is 1.56. The van der Waals surface area contributed by atoms with Crippen LogP contribution in [0.1, 0.15) is 0 Å². The van der Waals surface area contributed by atoms with Gasteiger partial charge in [0.2, 0.25) is 0 Å².